The predicted octanol–water partition coefficient (Wildman–Crippen LogP) is 9.14. The molecule has 1 aliphatic rings. The Kier molecular flexibility index (Phi) is 15.3. The van der Waals surface area contributed by atoms with Gasteiger partial charge in [-0.2, -0.15) is 0 Å². The average molecular weight is 509 g/mol. The van der Waals surface area contributed by atoms with E-state index in [0.717, 1.165) is 38.5 Å². The predicted molar refractivity (Wildman–Crippen MR) is 151 cm³/mol. The number of ether oxygens (including phenoxy) is 2. The first-order valence-electron chi connectivity index (χ1n) is 15.2. The topological polar surface area (TPSA) is 52.6 Å². The van der Waals surface area contributed by atoms with Crippen molar-refractivity contribution in [3.05, 3.63) is 0 Å². The maximum Gasteiger partial charge on any atom is 0.308 e. The van der Waals surface area contributed by atoms with Gasteiger partial charge < -0.3 is 9.47 Å². The maximum absolute atomic E-state index is 12.6. The van der Waals surface area contributed by atoms with Crippen LogP contribution in [0.3, 0.4) is 0 Å². The Hall–Kier alpha value is -1.06. The molecular weight excluding hydrogens is 448 g/mol. The van der Waals surface area contributed by atoms with Gasteiger partial charge in [-0.05, 0) is 86.9 Å². The quantitative estimate of drug-likeness (QED) is 0.173. The van der Waals surface area contributed by atoms with Gasteiger partial charge >= 0.3 is 11.9 Å². The van der Waals surface area contributed by atoms with Crippen LogP contribution >= 0.6 is 0 Å². The van der Waals surface area contributed by atoms with Crippen LogP contribution in [-0.4, -0.2) is 25.2 Å². The molecule has 2 unspecified atom stereocenters. The van der Waals surface area contributed by atoms with E-state index in [2.05, 4.69) is 55.4 Å². The SMILES string of the molecule is CCCCC(C)(C)CC(C)CCOC(=O)C1CCC(C(=O)OCCC(C)CC(C)(C)CCCC)CC1. The number of unbranched alkanes of at least 4 members (excludes halogenated alkanes) is 2. The van der Waals surface area contributed by atoms with E-state index in [1.165, 1.54) is 51.4 Å². The van der Waals surface area contributed by atoms with Crippen molar-refractivity contribution < 1.29 is 19.1 Å². The molecule has 0 N–H and O–H groups in total. The first kappa shape index (κ1) is 33.0. The highest BCUT2D eigenvalue weighted by Crippen LogP contribution is 2.34. The molecule has 36 heavy (non-hydrogen) atoms. The van der Waals surface area contributed by atoms with Gasteiger partial charge in [0.1, 0.15) is 0 Å². The molecule has 1 saturated carbocycles. The molecule has 1 rings (SSSR count). The number of esters is 2. The molecule has 0 aliphatic heterocycles. The summed E-state index contributed by atoms with van der Waals surface area (Å²) in [6.45, 7) is 19.5. The molecule has 0 bridgehead atoms. The molecule has 0 radical (unpaired) electrons. The van der Waals surface area contributed by atoms with Gasteiger partial charge in [0.15, 0.2) is 0 Å². The molecule has 0 spiro atoms. The van der Waals surface area contributed by atoms with Gasteiger partial charge in [-0.15, -0.1) is 0 Å². The molecule has 0 heterocycles. The van der Waals surface area contributed by atoms with Crippen LogP contribution in [0.5, 0.6) is 0 Å². The molecular formula is C32H60O4. The Morgan fingerprint density at radius 2 is 1.03 bits per heavy atom. The lowest BCUT2D eigenvalue weighted by molar-refractivity contribution is -0.155. The lowest BCUT2D eigenvalue weighted by atomic mass is 9.78. The monoisotopic (exact) mass is 508 g/mol. The third-order valence-electron chi connectivity index (χ3n) is 8.32. The van der Waals surface area contributed by atoms with E-state index >= 15 is 0 Å². The smallest absolute Gasteiger partial charge is 0.308 e. The van der Waals surface area contributed by atoms with Gasteiger partial charge in [0, 0.05) is 0 Å². The zero-order valence-corrected chi connectivity index (χ0v) is 25.3. The first-order chi connectivity index (χ1) is 16.9. The number of rotatable bonds is 18. The highest BCUT2D eigenvalue weighted by atomic mass is 16.5. The fourth-order valence-electron chi connectivity index (χ4n) is 6.13. The summed E-state index contributed by atoms with van der Waals surface area (Å²) in [5, 5.41) is 0. The van der Waals surface area contributed by atoms with Crippen LogP contribution in [0.15, 0.2) is 0 Å². The van der Waals surface area contributed by atoms with Gasteiger partial charge in [-0.1, -0.05) is 81.1 Å². The normalized spacial score (nSPS) is 20.6. The van der Waals surface area contributed by atoms with Crippen molar-refractivity contribution in [2.24, 2.45) is 34.5 Å². The average Bonchev–Trinajstić information content (AvgIpc) is 2.80. The number of carbonyl (C=O) groups is 2. The van der Waals surface area contributed by atoms with E-state index in [-0.39, 0.29) is 23.8 Å². The standard InChI is InChI=1S/C32H60O4/c1-9-11-19-31(5,6)23-25(3)17-21-35-29(33)27-13-15-28(16-14-27)30(34)36-22-18-26(4)24-32(7,8)20-12-10-2/h25-28H,9-24H2,1-8H3. The molecule has 0 aromatic rings. The van der Waals surface area contributed by atoms with Crippen LogP contribution in [0.2, 0.25) is 0 Å². The minimum atomic E-state index is -0.0706. The maximum atomic E-state index is 12.6. The van der Waals surface area contributed by atoms with E-state index in [0.29, 0.717) is 35.9 Å². The highest BCUT2D eigenvalue weighted by Gasteiger charge is 2.32. The van der Waals surface area contributed by atoms with E-state index < -0.39 is 0 Å². The molecule has 0 aromatic heterocycles. The summed E-state index contributed by atoms with van der Waals surface area (Å²) in [6, 6.07) is 0. The second-order valence-corrected chi connectivity index (χ2v) is 13.6. The Morgan fingerprint density at radius 1 is 0.694 bits per heavy atom. The number of carbonyl (C=O) groups excluding carboxylic acids is 2. The molecule has 1 fully saturated rings. The van der Waals surface area contributed by atoms with E-state index in [1.54, 1.807) is 0 Å². The second kappa shape index (κ2) is 16.7. The zero-order chi connectivity index (χ0) is 27.2. The minimum absolute atomic E-state index is 0.0595. The van der Waals surface area contributed by atoms with Crippen molar-refractivity contribution in [3.8, 4) is 0 Å². The first-order valence-corrected chi connectivity index (χ1v) is 15.2. The van der Waals surface area contributed by atoms with Crippen molar-refractivity contribution in [2.75, 3.05) is 13.2 Å². The molecule has 4 heteroatoms. The molecule has 212 valence electrons. The minimum Gasteiger partial charge on any atom is -0.465 e. The fraction of sp³-hybridized carbons (Fsp3) is 0.938. The molecule has 2 atom stereocenters. The number of hydrogen-bond acceptors (Lipinski definition) is 4. The van der Waals surface area contributed by atoms with Crippen LogP contribution in [0, 0.1) is 34.5 Å². The summed E-state index contributed by atoms with van der Waals surface area (Å²) in [7, 11) is 0. The summed E-state index contributed by atoms with van der Waals surface area (Å²) < 4.78 is 11.3. The summed E-state index contributed by atoms with van der Waals surface area (Å²) in [5.74, 6) is 0.851. The van der Waals surface area contributed by atoms with Crippen LogP contribution in [0.25, 0.3) is 0 Å². The van der Waals surface area contributed by atoms with Gasteiger partial charge in [0.2, 0.25) is 0 Å². The third kappa shape index (κ3) is 14.0. The summed E-state index contributed by atoms with van der Waals surface area (Å²) in [4.78, 5) is 25.1. The van der Waals surface area contributed by atoms with Crippen molar-refractivity contribution in [1.82, 2.24) is 0 Å². The van der Waals surface area contributed by atoms with E-state index in [1.807, 2.05) is 0 Å². The Morgan fingerprint density at radius 3 is 1.33 bits per heavy atom. The molecule has 0 amide bonds. The summed E-state index contributed by atoms with van der Waals surface area (Å²) in [5.41, 5.74) is 0.714. The molecule has 4 nitrogen and oxygen atoms in total. The molecule has 0 aromatic carbocycles. The van der Waals surface area contributed by atoms with Crippen molar-refractivity contribution in [3.63, 3.8) is 0 Å². The van der Waals surface area contributed by atoms with Gasteiger partial charge in [0.05, 0.1) is 25.0 Å². The Bertz CT molecular complexity index is 562. The van der Waals surface area contributed by atoms with Gasteiger partial charge in [-0.25, -0.2) is 0 Å². The Balaban J connectivity index is 2.24. The van der Waals surface area contributed by atoms with Crippen molar-refractivity contribution >= 4 is 11.9 Å². The highest BCUT2D eigenvalue weighted by molar-refractivity contribution is 5.75. The van der Waals surface area contributed by atoms with E-state index in [4.69, 9.17) is 9.47 Å². The molecule has 1 aliphatic carbocycles. The van der Waals surface area contributed by atoms with E-state index in [9.17, 15) is 9.59 Å². The lowest BCUT2D eigenvalue weighted by Gasteiger charge is -2.29. The second-order valence-electron chi connectivity index (χ2n) is 13.6. The summed E-state index contributed by atoms with van der Waals surface area (Å²) >= 11 is 0. The van der Waals surface area contributed by atoms with Crippen LogP contribution in [-0.2, 0) is 19.1 Å². The van der Waals surface area contributed by atoms with Crippen LogP contribution < -0.4 is 0 Å². The van der Waals surface area contributed by atoms with Crippen molar-refractivity contribution in [1.29, 1.82) is 0 Å². The van der Waals surface area contributed by atoms with Crippen molar-refractivity contribution in [2.45, 2.75) is 145 Å². The third-order valence-corrected chi connectivity index (χ3v) is 8.32. The van der Waals surface area contributed by atoms with Crippen LogP contribution in [0.1, 0.15) is 145 Å². The Labute approximate surface area is 224 Å². The molecule has 0 saturated heterocycles. The summed E-state index contributed by atoms with van der Waals surface area (Å²) in [6.07, 6.45) is 14.7. The largest absolute Gasteiger partial charge is 0.465 e. The van der Waals surface area contributed by atoms with Gasteiger partial charge in [-0.3, -0.25) is 9.59 Å². The van der Waals surface area contributed by atoms with Gasteiger partial charge in [0.25, 0.3) is 0 Å². The van der Waals surface area contributed by atoms with Crippen LogP contribution in [0.4, 0.5) is 0 Å². The number of hydrogen-bond donors (Lipinski definition) is 0. The fourth-order valence-corrected chi connectivity index (χ4v) is 6.13. The lowest BCUT2D eigenvalue weighted by Crippen LogP contribution is -2.29. The zero-order valence-electron chi connectivity index (χ0n) is 25.3.